The van der Waals surface area contributed by atoms with Crippen LogP contribution < -0.4 is 0 Å². The quantitative estimate of drug-likeness (QED) is 0.639. The molecule has 8 heavy (non-hydrogen) atoms. The van der Waals surface area contributed by atoms with E-state index >= 15 is 0 Å². The van der Waals surface area contributed by atoms with Crippen molar-refractivity contribution in [3.63, 3.8) is 0 Å². The molecule has 0 bridgehead atoms. The maximum Gasteiger partial charge on any atom is 0.0359 e. The zero-order chi connectivity index (χ0) is 5.70. The molecule has 0 heterocycles. The first kappa shape index (κ1) is 11.6. The molecule has 0 N–H and O–H groups in total. The van der Waals surface area contributed by atoms with Gasteiger partial charge < -0.3 is 0 Å². The van der Waals surface area contributed by atoms with E-state index in [2.05, 4.69) is 20.8 Å². The molecule has 0 fully saturated rings. The molecular weight excluding hydrogens is 203 g/mol. The third-order valence-electron chi connectivity index (χ3n) is 1.73. The summed E-state index contributed by atoms with van der Waals surface area (Å²) in [6.45, 7) is 6.97. The van der Waals surface area contributed by atoms with Crippen LogP contribution >= 0.6 is 0 Å². The van der Waals surface area contributed by atoms with Crippen molar-refractivity contribution in [2.75, 3.05) is 0 Å². The molecule has 0 aromatic carbocycles. The predicted octanol–water partition coefficient (Wildman–Crippen LogP) is 2.27. The van der Waals surface area contributed by atoms with E-state index in [1.54, 1.807) is 0 Å². The van der Waals surface area contributed by atoms with Gasteiger partial charge in [0.15, 0.2) is 0 Å². The monoisotopic (exact) mass is 219 g/mol. The van der Waals surface area contributed by atoms with Gasteiger partial charge in [-0.2, -0.15) is 0 Å². The second kappa shape index (κ2) is 7.84. The fourth-order valence-electron chi connectivity index (χ4n) is 0.866. The Morgan fingerprint density at radius 1 is 0.875 bits per heavy atom. The van der Waals surface area contributed by atoms with Gasteiger partial charge >= 0.3 is 0 Å². The Balaban J connectivity index is 0. The van der Waals surface area contributed by atoms with E-state index in [0.717, 1.165) is 0 Å². The Hall–Kier alpha value is 0.840. The zero-order valence-corrected chi connectivity index (χ0v) is 8.83. The molecule has 0 aliphatic rings. The van der Waals surface area contributed by atoms with Gasteiger partial charge in [0.05, 0.1) is 0 Å². The molecule has 0 saturated heterocycles. The van der Waals surface area contributed by atoms with Crippen molar-refractivity contribution < 1.29 is 19.5 Å². The first-order valence-corrected chi connectivity index (χ1v) is 5.80. The Morgan fingerprint density at radius 2 is 1.12 bits per heavy atom. The molecule has 0 atom stereocenters. The minimum Gasteiger partial charge on any atom is -0.0680 e. The van der Waals surface area contributed by atoms with E-state index in [-0.39, 0.29) is 28.3 Å². The summed E-state index contributed by atoms with van der Waals surface area (Å²) in [5.74, 6) is 0. The van der Waals surface area contributed by atoms with Crippen molar-refractivity contribution >= 4 is 8.80 Å². The maximum atomic E-state index is 2.32. The maximum absolute atomic E-state index is 2.32. The summed E-state index contributed by atoms with van der Waals surface area (Å²) in [4.78, 5) is 0. The molecule has 0 saturated carbocycles. The van der Waals surface area contributed by atoms with Gasteiger partial charge in [-0.1, -0.05) is 38.9 Å². The first-order valence-electron chi connectivity index (χ1n) is 3.35. The molecule has 0 aliphatic heterocycles. The molecule has 0 aromatic heterocycles. The Morgan fingerprint density at radius 3 is 1.12 bits per heavy atom. The molecular formula is C6H16RhSi. The smallest absolute Gasteiger partial charge is 0.0359 e. The minimum atomic E-state index is -0.171. The molecule has 0 amide bonds. The van der Waals surface area contributed by atoms with E-state index < -0.39 is 0 Å². The number of hydrogen-bond acceptors (Lipinski definition) is 0. The first-order chi connectivity index (χ1) is 3.35. The topological polar surface area (TPSA) is 0 Å². The molecule has 0 rings (SSSR count). The standard InChI is InChI=1S/C6H16Si.Rh/c1-4-7(5-2)6-3;/h7H,4-6H2,1-3H3;. The van der Waals surface area contributed by atoms with E-state index in [4.69, 9.17) is 0 Å². The second-order valence-corrected chi connectivity index (χ2v) is 6.27. The van der Waals surface area contributed by atoms with Crippen LogP contribution in [0.15, 0.2) is 0 Å². The molecule has 0 nitrogen and oxygen atoms in total. The minimum absolute atomic E-state index is 0. The van der Waals surface area contributed by atoms with Gasteiger partial charge in [0.25, 0.3) is 0 Å². The molecule has 0 spiro atoms. The third kappa shape index (κ3) is 4.99. The Labute approximate surface area is 67.4 Å². The fraction of sp³-hybridized carbons (Fsp3) is 1.00. The van der Waals surface area contributed by atoms with E-state index in [9.17, 15) is 0 Å². The predicted molar refractivity (Wildman–Crippen MR) is 38.6 cm³/mol. The van der Waals surface area contributed by atoms with Crippen LogP contribution in [0.2, 0.25) is 18.1 Å². The number of rotatable bonds is 3. The van der Waals surface area contributed by atoms with Gasteiger partial charge in [-0.15, -0.1) is 0 Å². The van der Waals surface area contributed by atoms with Crippen molar-refractivity contribution in [3.05, 3.63) is 0 Å². The average molecular weight is 219 g/mol. The third-order valence-corrected chi connectivity index (χ3v) is 5.20. The largest absolute Gasteiger partial charge is 0.0680 e. The zero-order valence-electron chi connectivity index (χ0n) is 6.03. The van der Waals surface area contributed by atoms with Gasteiger partial charge in [-0.25, -0.2) is 0 Å². The molecule has 53 valence electrons. The summed E-state index contributed by atoms with van der Waals surface area (Å²) < 4.78 is 0. The van der Waals surface area contributed by atoms with Crippen LogP contribution in [0.25, 0.3) is 0 Å². The van der Waals surface area contributed by atoms with Crippen LogP contribution in [0.5, 0.6) is 0 Å². The summed E-state index contributed by atoms with van der Waals surface area (Å²) in [5.41, 5.74) is 0. The van der Waals surface area contributed by atoms with Crippen LogP contribution in [-0.2, 0) is 19.5 Å². The summed E-state index contributed by atoms with van der Waals surface area (Å²) in [6.07, 6.45) is 0. The van der Waals surface area contributed by atoms with E-state index in [1.165, 1.54) is 18.1 Å². The van der Waals surface area contributed by atoms with Crippen LogP contribution in [0, 0.1) is 0 Å². The van der Waals surface area contributed by atoms with Crippen molar-refractivity contribution in [1.82, 2.24) is 0 Å². The van der Waals surface area contributed by atoms with Crippen LogP contribution in [0.3, 0.4) is 0 Å². The van der Waals surface area contributed by atoms with Crippen molar-refractivity contribution in [1.29, 1.82) is 0 Å². The molecule has 0 unspecified atom stereocenters. The molecule has 0 aromatic rings. The second-order valence-electron chi connectivity index (χ2n) is 2.09. The Kier molecular flexibility index (Phi) is 11.4. The summed E-state index contributed by atoms with van der Waals surface area (Å²) in [6, 6.07) is 4.48. The van der Waals surface area contributed by atoms with Crippen LogP contribution in [0.1, 0.15) is 20.8 Å². The van der Waals surface area contributed by atoms with Gasteiger partial charge in [0, 0.05) is 28.3 Å². The normalized spacial score (nSPS) is 9.00. The van der Waals surface area contributed by atoms with Gasteiger partial charge in [-0.3, -0.25) is 0 Å². The average Bonchev–Trinajstić information content (AvgIpc) is 1.72. The molecule has 0 aliphatic carbocycles. The van der Waals surface area contributed by atoms with E-state index in [0.29, 0.717) is 0 Å². The van der Waals surface area contributed by atoms with Crippen molar-refractivity contribution in [2.24, 2.45) is 0 Å². The summed E-state index contributed by atoms with van der Waals surface area (Å²) in [7, 11) is -0.171. The van der Waals surface area contributed by atoms with Crippen LogP contribution in [-0.4, -0.2) is 8.80 Å². The van der Waals surface area contributed by atoms with Gasteiger partial charge in [0.2, 0.25) is 0 Å². The summed E-state index contributed by atoms with van der Waals surface area (Å²) in [5, 5.41) is 0. The molecule has 1 radical (unpaired) electrons. The van der Waals surface area contributed by atoms with Crippen molar-refractivity contribution in [3.8, 4) is 0 Å². The van der Waals surface area contributed by atoms with Gasteiger partial charge in [0.1, 0.15) is 0 Å². The van der Waals surface area contributed by atoms with Gasteiger partial charge in [-0.05, 0) is 0 Å². The van der Waals surface area contributed by atoms with E-state index in [1.807, 2.05) is 0 Å². The fourth-order valence-corrected chi connectivity index (χ4v) is 2.60. The Bertz CT molecular complexity index is 30.0. The molecule has 2 heteroatoms. The number of hydrogen-bond donors (Lipinski definition) is 0. The summed E-state index contributed by atoms with van der Waals surface area (Å²) >= 11 is 0. The SMILES string of the molecule is CC[SiH](CC)CC.[Rh]. The van der Waals surface area contributed by atoms with Crippen LogP contribution in [0.4, 0.5) is 0 Å². The van der Waals surface area contributed by atoms with Crippen molar-refractivity contribution in [2.45, 2.75) is 38.9 Å².